The Morgan fingerprint density at radius 1 is 0.781 bits per heavy atom. The standard InChI is InChI=1S/C28H35N3O/c32-28(31-21-24-10-3-4-11-25(24)22-31)15-2-1-7-16-29-17-19-30(20-18-29)27-14-8-12-23-9-5-6-13-26(23)27/h3-4,8,10-12,14,21-22H,1-2,5-7,9,13,15-20H2. The number of hydrogen-bond acceptors (Lipinski definition) is 3. The van der Waals surface area contributed by atoms with Gasteiger partial charge in [-0.05, 0) is 73.0 Å². The number of carbonyl (C=O) groups is 1. The Labute approximate surface area is 191 Å². The molecule has 0 amide bonds. The second-order valence-corrected chi connectivity index (χ2v) is 9.45. The van der Waals surface area contributed by atoms with E-state index in [-0.39, 0.29) is 5.91 Å². The summed E-state index contributed by atoms with van der Waals surface area (Å²) in [6, 6.07) is 15.1. The molecule has 4 nitrogen and oxygen atoms in total. The fraction of sp³-hybridized carbons (Fsp3) is 0.464. The molecule has 3 aromatic rings. The van der Waals surface area contributed by atoms with E-state index in [1.165, 1.54) is 37.8 Å². The summed E-state index contributed by atoms with van der Waals surface area (Å²) >= 11 is 0. The molecule has 0 radical (unpaired) electrons. The van der Waals surface area contributed by atoms with Gasteiger partial charge in [-0.2, -0.15) is 0 Å². The van der Waals surface area contributed by atoms with Crippen molar-refractivity contribution in [3.63, 3.8) is 0 Å². The molecule has 2 heterocycles. The minimum absolute atomic E-state index is 0.209. The lowest BCUT2D eigenvalue weighted by molar-refractivity contribution is 0.0899. The molecule has 1 saturated heterocycles. The van der Waals surface area contributed by atoms with Gasteiger partial charge >= 0.3 is 0 Å². The van der Waals surface area contributed by atoms with Crippen molar-refractivity contribution < 1.29 is 4.79 Å². The first-order valence-corrected chi connectivity index (χ1v) is 12.5. The van der Waals surface area contributed by atoms with E-state index in [4.69, 9.17) is 0 Å². The fourth-order valence-corrected chi connectivity index (χ4v) is 5.41. The van der Waals surface area contributed by atoms with Gasteiger partial charge in [0.25, 0.3) is 0 Å². The SMILES string of the molecule is O=C(CCCCCN1CCN(c2cccc3c2CCCC3)CC1)n1cc2ccccc2c1. The number of benzene rings is 2. The quantitative estimate of drug-likeness (QED) is 0.462. The number of hydrogen-bond donors (Lipinski definition) is 0. The number of piperazine rings is 1. The molecule has 5 rings (SSSR count). The van der Waals surface area contributed by atoms with Crippen molar-refractivity contribution in [3.8, 4) is 0 Å². The molecular formula is C28H35N3O. The van der Waals surface area contributed by atoms with E-state index >= 15 is 0 Å². The van der Waals surface area contributed by atoms with Crippen LogP contribution >= 0.6 is 0 Å². The van der Waals surface area contributed by atoms with E-state index in [0.717, 1.165) is 56.3 Å². The Kier molecular flexibility index (Phi) is 6.59. The van der Waals surface area contributed by atoms with Gasteiger partial charge in [0.2, 0.25) is 5.91 Å². The second-order valence-electron chi connectivity index (χ2n) is 9.45. The smallest absolute Gasteiger partial charge is 0.230 e. The van der Waals surface area contributed by atoms with Gasteiger partial charge in [-0.1, -0.05) is 42.8 Å². The van der Waals surface area contributed by atoms with Crippen molar-refractivity contribution in [2.24, 2.45) is 0 Å². The summed E-state index contributed by atoms with van der Waals surface area (Å²) in [6.45, 7) is 5.73. The van der Waals surface area contributed by atoms with Crippen molar-refractivity contribution in [1.29, 1.82) is 0 Å². The molecule has 168 valence electrons. The molecule has 32 heavy (non-hydrogen) atoms. The average Bonchev–Trinajstić information content (AvgIpc) is 3.28. The van der Waals surface area contributed by atoms with E-state index in [1.807, 2.05) is 24.5 Å². The van der Waals surface area contributed by atoms with Gasteiger partial charge in [-0.15, -0.1) is 0 Å². The molecule has 1 aliphatic carbocycles. The molecule has 1 aliphatic heterocycles. The second kappa shape index (κ2) is 9.91. The first-order chi connectivity index (χ1) is 15.8. The van der Waals surface area contributed by atoms with Crippen LogP contribution in [0, 0.1) is 0 Å². The summed E-state index contributed by atoms with van der Waals surface area (Å²) < 4.78 is 1.77. The summed E-state index contributed by atoms with van der Waals surface area (Å²) in [4.78, 5) is 17.7. The van der Waals surface area contributed by atoms with Crippen LogP contribution in [0.15, 0.2) is 54.9 Å². The zero-order valence-electron chi connectivity index (χ0n) is 19.1. The van der Waals surface area contributed by atoms with Crippen LogP contribution in [-0.2, 0) is 12.8 Å². The fourth-order valence-electron chi connectivity index (χ4n) is 5.41. The van der Waals surface area contributed by atoms with Gasteiger partial charge in [0.15, 0.2) is 0 Å². The number of aryl methyl sites for hydroxylation is 1. The third kappa shape index (κ3) is 4.75. The summed E-state index contributed by atoms with van der Waals surface area (Å²) in [7, 11) is 0. The van der Waals surface area contributed by atoms with Gasteiger partial charge in [0.1, 0.15) is 0 Å². The van der Waals surface area contributed by atoms with Crippen LogP contribution in [0.3, 0.4) is 0 Å². The Morgan fingerprint density at radius 3 is 2.31 bits per heavy atom. The van der Waals surface area contributed by atoms with Gasteiger partial charge in [0, 0.05) is 50.7 Å². The molecular weight excluding hydrogens is 394 g/mol. The monoisotopic (exact) mass is 429 g/mol. The van der Waals surface area contributed by atoms with E-state index in [0.29, 0.717) is 6.42 Å². The average molecular weight is 430 g/mol. The highest BCUT2D eigenvalue weighted by Crippen LogP contribution is 2.31. The van der Waals surface area contributed by atoms with Crippen molar-refractivity contribution in [2.45, 2.75) is 51.4 Å². The number of aromatic nitrogens is 1. The molecule has 0 unspecified atom stereocenters. The number of rotatable bonds is 7. The lowest BCUT2D eigenvalue weighted by Gasteiger charge is -2.38. The predicted molar refractivity (Wildman–Crippen MR) is 133 cm³/mol. The maximum Gasteiger partial charge on any atom is 0.230 e. The van der Waals surface area contributed by atoms with Crippen LogP contribution in [-0.4, -0.2) is 48.1 Å². The number of unbranched alkanes of at least 4 members (excludes halogenated alkanes) is 2. The number of nitrogens with zero attached hydrogens (tertiary/aromatic N) is 3. The van der Waals surface area contributed by atoms with Gasteiger partial charge in [-0.3, -0.25) is 14.3 Å². The van der Waals surface area contributed by atoms with E-state index in [9.17, 15) is 4.79 Å². The molecule has 0 saturated carbocycles. The molecule has 0 N–H and O–H groups in total. The Balaban J connectivity index is 1.03. The molecule has 0 spiro atoms. The van der Waals surface area contributed by atoms with E-state index in [1.54, 1.807) is 15.7 Å². The summed E-state index contributed by atoms with van der Waals surface area (Å²) in [5, 5.41) is 2.27. The van der Waals surface area contributed by atoms with Crippen molar-refractivity contribution in [1.82, 2.24) is 9.47 Å². The topological polar surface area (TPSA) is 28.5 Å². The molecule has 2 aliphatic rings. The molecule has 1 aromatic heterocycles. The highest BCUT2D eigenvalue weighted by molar-refractivity contribution is 5.89. The summed E-state index contributed by atoms with van der Waals surface area (Å²) in [5.41, 5.74) is 4.70. The number of carbonyl (C=O) groups excluding carboxylic acids is 1. The van der Waals surface area contributed by atoms with E-state index < -0.39 is 0 Å². The zero-order valence-corrected chi connectivity index (χ0v) is 19.1. The summed E-state index contributed by atoms with van der Waals surface area (Å²) in [6.07, 6.45) is 13.0. The Hall–Kier alpha value is -2.59. The highest BCUT2D eigenvalue weighted by atomic mass is 16.1. The maximum atomic E-state index is 12.5. The van der Waals surface area contributed by atoms with Crippen LogP contribution in [0.2, 0.25) is 0 Å². The Morgan fingerprint density at radius 2 is 1.53 bits per heavy atom. The largest absolute Gasteiger partial charge is 0.369 e. The maximum absolute atomic E-state index is 12.5. The van der Waals surface area contributed by atoms with Crippen LogP contribution in [0.1, 0.15) is 54.4 Å². The van der Waals surface area contributed by atoms with Crippen molar-refractivity contribution in [2.75, 3.05) is 37.6 Å². The normalized spacial score (nSPS) is 16.9. The predicted octanol–water partition coefficient (Wildman–Crippen LogP) is 5.54. The first kappa shape index (κ1) is 21.3. The zero-order chi connectivity index (χ0) is 21.8. The van der Waals surface area contributed by atoms with Gasteiger partial charge < -0.3 is 4.90 Å². The molecule has 2 aromatic carbocycles. The van der Waals surface area contributed by atoms with Crippen molar-refractivity contribution >= 4 is 22.4 Å². The lowest BCUT2D eigenvalue weighted by atomic mass is 9.90. The third-order valence-corrected chi connectivity index (χ3v) is 7.29. The first-order valence-electron chi connectivity index (χ1n) is 12.5. The third-order valence-electron chi connectivity index (χ3n) is 7.29. The molecule has 4 heteroatoms. The minimum atomic E-state index is 0.209. The molecule has 0 atom stereocenters. The van der Waals surface area contributed by atoms with Crippen LogP contribution < -0.4 is 4.90 Å². The Bertz CT molecular complexity index is 1030. The minimum Gasteiger partial charge on any atom is -0.369 e. The van der Waals surface area contributed by atoms with Crippen LogP contribution in [0.25, 0.3) is 10.8 Å². The van der Waals surface area contributed by atoms with Crippen LogP contribution in [0.4, 0.5) is 5.69 Å². The number of fused-ring (bicyclic) bond motifs is 2. The van der Waals surface area contributed by atoms with Crippen LogP contribution in [0.5, 0.6) is 0 Å². The van der Waals surface area contributed by atoms with Gasteiger partial charge in [0.05, 0.1) is 0 Å². The number of anilines is 1. The lowest BCUT2D eigenvalue weighted by Crippen LogP contribution is -2.47. The van der Waals surface area contributed by atoms with Crippen molar-refractivity contribution in [3.05, 3.63) is 66.0 Å². The summed E-state index contributed by atoms with van der Waals surface area (Å²) in [5.74, 6) is 0.209. The molecule has 1 fully saturated rings. The highest BCUT2D eigenvalue weighted by Gasteiger charge is 2.21. The van der Waals surface area contributed by atoms with E-state index in [2.05, 4.69) is 40.1 Å². The van der Waals surface area contributed by atoms with Gasteiger partial charge in [-0.25, -0.2) is 0 Å². The molecule has 0 bridgehead atoms.